The number of furan rings is 1. The molecule has 0 fully saturated rings. The van der Waals surface area contributed by atoms with E-state index in [2.05, 4.69) is 0 Å². The summed E-state index contributed by atoms with van der Waals surface area (Å²) in [5, 5.41) is 0. The van der Waals surface area contributed by atoms with Crippen molar-refractivity contribution < 1.29 is 27.5 Å². The first-order valence-electron chi connectivity index (χ1n) is 8.52. The standard InChI is InChI=1S/C21H19F2NO4/c1-24(12-14-7-9-16(22)17(23)11-14)21(25)20-10-8-15(28-20)13-27-19-6-4-3-5-18(19)26-2/h3-11H,12-13H2,1-2H3. The number of methoxy groups -OCH3 is 1. The molecule has 2 aromatic carbocycles. The van der Waals surface area contributed by atoms with Gasteiger partial charge in [-0.15, -0.1) is 0 Å². The summed E-state index contributed by atoms with van der Waals surface area (Å²) >= 11 is 0. The molecule has 1 aromatic heterocycles. The normalized spacial score (nSPS) is 10.6. The van der Waals surface area contributed by atoms with Crippen LogP contribution in [-0.4, -0.2) is 25.0 Å². The molecule has 3 rings (SSSR count). The van der Waals surface area contributed by atoms with E-state index in [4.69, 9.17) is 13.9 Å². The van der Waals surface area contributed by atoms with Gasteiger partial charge in [0, 0.05) is 13.6 Å². The Morgan fingerprint density at radius 2 is 1.79 bits per heavy atom. The van der Waals surface area contributed by atoms with Crippen LogP contribution in [0.25, 0.3) is 0 Å². The molecular formula is C21H19F2NO4. The molecule has 0 saturated carbocycles. The first-order valence-corrected chi connectivity index (χ1v) is 8.52. The molecule has 0 unspecified atom stereocenters. The van der Waals surface area contributed by atoms with Crippen molar-refractivity contribution in [2.24, 2.45) is 0 Å². The zero-order valence-electron chi connectivity index (χ0n) is 15.4. The molecule has 28 heavy (non-hydrogen) atoms. The summed E-state index contributed by atoms with van der Waals surface area (Å²) in [6.07, 6.45) is 0. The summed E-state index contributed by atoms with van der Waals surface area (Å²) in [4.78, 5) is 13.8. The third kappa shape index (κ3) is 4.49. The van der Waals surface area contributed by atoms with Crippen LogP contribution in [0.3, 0.4) is 0 Å². The highest BCUT2D eigenvalue weighted by Gasteiger charge is 2.17. The maximum absolute atomic E-state index is 13.3. The second-order valence-corrected chi connectivity index (χ2v) is 6.12. The van der Waals surface area contributed by atoms with E-state index in [1.54, 1.807) is 38.4 Å². The average Bonchev–Trinajstić information content (AvgIpc) is 3.17. The highest BCUT2D eigenvalue weighted by molar-refractivity contribution is 5.91. The molecule has 0 bridgehead atoms. The third-order valence-electron chi connectivity index (χ3n) is 4.06. The quantitative estimate of drug-likeness (QED) is 0.602. The lowest BCUT2D eigenvalue weighted by atomic mass is 10.2. The molecule has 0 N–H and O–H groups in total. The van der Waals surface area contributed by atoms with E-state index in [1.807, 2.05) is 12.1 Å². The highest BCUT2D eigenvalue weighted by atomic mass is 19.2. The molecule has 0 aliphatic carbocycles. The van der Waals surface area contributed by atoms with Crippen LogP contribution in [0.5, 0.6) is 11.5 Å². The lowest BCUT2D eigenvalue weighted by Crippen LogP contribution is -2.25. The van der Waals surface area contributed by atoms with Crippen LogP contribution in [-0.2, 0) is 13.2 Å². The topological polar surface area (TPSA) is 51.9 Å². The van der Waals surface area contributed by atoms with E-state index < -0.39 is 11.6 Å². The highest BCUT2D eigenvalue weighted by Crippen LogP contribution is 2.27. The summed E-state index contributed by atoms with van der Waals surface area (Å²) in [5.41, 5.74) is 0.473. The van der Waals surface area contributed by atoms with Crippen molar-refractivity contribution in [3.05, 3.63) is 83.3 Å². The molecule has 5 nitrogen and oxygen atoms in total. The zero-order valence-corrected chi connectivity index (χ0v) is 15.4. The van der Waals surface area contributed by atoms with Gasteiger partial charge in [0.05, 0.1) is 7.11 Å². The molecule has 0 radical (unpaired) electrons. The van der Waals surface area contributed by atoms with Crippen molar-refractivity contribution >= 4 is 5.91 Å². The molecule has 7 heteroatoms. The first kappa shape index (κ1) is 19.4. The maximum Gasteiger partial charge on any atom is 0.289 e. The molecule has 0 atom stereocenters. The van der Waals surface area contributed by atoms with E-state index in [9.17, 15) is 13.6 Å². The van der Waals surface area contributed by atoms with Crippen LogP contribution in [0, 0.1) is 11.6 Å². The third-order valence-corrected chi connectivity index (χ3v) is 4.06. The van der Waals surface area contributed by atoms with Gasteiger partial charge in [-0.05, 0) is 42.0 Å². The van der Waals surface area contributed by atoms with Crippen molar-refractivity contribution in [1.29, 1.82) is 0 Å². The van der Waals surface area contributed by atoms with Crippen molar-refractivity contribution in [1.82, 2.24) is 4.90 Å². The van der Waals surface area contributed by atoms with Gasteiger partial charge in [-0.25, -0.2) is 8.78 Å². The van der Waals surface area contributed by atoms with Gasteiger partial charge in [0.1, 0.15) is 12.4 Å². The van der Waals surface area contributed by atoms with Gasteiger partial charge in [-0.2, -0.15) is 0 Å². The minimum absolute atomic E-state index is 0.115. The number of amides is 1. The lowest BCUT2D eigenvalue weighted by molar-refractivity contribution is 0.0749. The number of rotatable bonds is 7. The molecule has 0 spiro atoms. The zero-order chi connectivity index (χ0) is 20.1. The van der Waals surface area contributed by atoms with Gasteiger partial charge in [-0.3, -0.25) is 4.79 Å². The van der Waals surface area contributed by atoms with Crippen molar-refractivity contribution in [2.45, 2.75) is 13.2 Å². The largest absolute Gasteiger partial charge is 0.493 e. The molecular weight excluding hydrogens is 368 g/mol. The minimum Gasteiger partial charge on any atom is -0.493 e. The average molecular weight is 387 g/mol. The second kappa shape index (κ2) is 8.56. The van der Waals surface area contributed by atoms with Gasteiger partial charge in [0.2, 0.25) is 0 Å². The van der Waals surface area contributed by atoms with Crippen LogP contribution >= 0.6 is 0 Å². The van der Waals surface area contributed by atoms with Crippen molar-refractivity contribution in [3.63, 3.8) is 0 Å². The number of halogens is 2. The summed E-state index contributed by atoms with van der Waals surface area (Å²) in [6, 6.07) is 13.9. The molecule has 146 valence electrons. The summed E-state index contributed by atoms with van der Waals surface area (Å²) in [5.74, 6) is -0.510. The van der Waals surface area contributed by atoms with Crippen LogP contribution in [0.2, 0.25) is 0 Å². The smallest absolute Gasteiger partial charge is 0.289 e. The minimum atomic E-state index is -0.952. The molecule has 0 aliphatic heterocycles. The Morgan fingerprint density at radius 3 is 2.50 bits per heavy atom. The number of ether oxygens (including phenoxy) is 2. The van der Waals surface area contributed by atoms with E-state index >= 15 is 0 Å². The Labute approximate surface area is 161 Å². The Hall–Kier alpha value is -3.35. The SMILES string of the molecule is COc1ccccc1OCc1ccc(C(=O)N(C)Cc2ccc(F)c(F)c2)o1. The number of hydrogen-bond acceptors (Lipinski definition) is 4. The van der Waals surface area contributed by atoms with Crippen LogP contribution in [0.1, 0.15) is 21.9 Å². The Morgan fingerprint density at radius 1 is 1.04 bits per heavy atom. The summed E-state index contributed by atoms with van der Waals surface area (Å²) in [6.45, 7) is 0.240. The van der Waals surface area contributed by atoms with Crippen molar-refractivity contribution in [3.8, 4) is 11.5 Å². The predicted molar refractivity (Wildman–Crippen MR) is 98.2 cm³/mol. The monoisotopic (exact) mass is 387 g/mol. The van der Waals surface area contributed by atoms with Crippen molar-refractivity contribution in [2.75, 3.05) is 14.2 Å². The number of nitrogens with zero attached hydrogens (tertiary/aromatic N) is 1. The molecule has 0 aliphatic rings. The van der Waals surface area contributed by atoms with Gasteiger partial charge < -0.3 is 18.8 Å². The second-order valence-electron chi connectivity index (χ2n) is 6.12. The van der Waals surface area contributed by atoms with Gasteiger partial charge in [-0.1, -0.05) is 18.2 Å². The molecule has 3 aromatic rings. The van der Waals surface area contributed by atoms with Crippen LogP contribution < -0.4 is 9.47 Å². The number of para-hydroxylation sites is 2. The Balaban J connectivity index is 1.62. The lowest BCUT2D eigenvalue weighted by Gasteiger charge is -2.16. The summed E-state index contributed by atoms with van der Waals surface area (Å²) < 4.78 is 42.8. The van der Waals surface area contributed by atoms with Gasteiger partial charge in [0.25, 0.3) is 5.91 Å². The molecule has 1 heterocycles. The molecule has 1 amide bonds. The number of benzene rings is 2. The van der Waals surface area contributed by atoms with E-state index in [0.717, 1.165) is 12.1 Å². The Bertz CT molecular complexity index is 971. The van der Waals surface area contributed by atoms with Gasteiger partial charge in [0.15, 0.2) is 28.9 Å². The number of hydrogen-bond donors (Lipinski definition) is 0. The maximum atomic E-state index is 13.3. The van der Waals surface area contributed by atoms with E-state index in [-0.39, 0.29) is 24.8 Å². The first-order chi connectivity index (χ1) is 13.5. The number of carbonyl (C=O) groups is 1. The fraction of sp³-hybridized carbons (Fsp3) is 0.190. The van der Waals surface area contributed by atoms with E-state index in [0.29, 0.717) is 22.8 Å². The fourth-order valence-electron chi connectivity index (χ4n) is 2.63. The predicted octanol–water partition coefficient (Wildman–Crippen LogP) is 4.42. The fourth-order valence-corrected chi connectivity index (χ4v) is 2.63. The van der Waals surface area contributed by atoms with Crippen LogP contribution in [0.15, 0.2) is 59.0 Å². The van der Waals surface area contributed by atoms with Crippen LogP contribution in [0.4, 0.5) is 8.78 Å². The van der Waals surface area contributed by atoms with E-state index in [1.165, 1.54) is 11.0 Å². The Kier molecular flexibility index (Phi) is 5.93. The molecule has 0 saturated heterocycles. The number of carbonyl (C=O) groups excluding carboxylic acids is 1. The summed E-state index contributed by atoms with van der Waals surface area (Å²) in [7, 11) is 3.10. The van der Waals surface area contributed by atoms with Gasteiger partial charge >= 0.3 is 0 Å².